The van der Waals surface area contributed by atoms with Crippen LogP contribution in [-0.4, -0.2) is 125 Å². The Bertz CT molecular complexity index is 2990. The lowest BCUT2D eigenvalue weighted by atomic mass is 9.44. The van der Waals surface area contributed by atoms with Gasteiger partial charge in [-0.2, -0.15) is 0 Å². The lowest BCUT2D eigenvalue weighted by molar-refractivity contribution is -0.346. The lowest BCUT2D eigenvalue weighted by Gasteiger charge is -2.67. The molecule has 17 nitrogen and oxygen atoms in total. The van der Waals surface area contributed by atoms with Crippen molar-refractivity contribution in [3.8, 4) is 11.1 Å². The number of rotatable bonds is 11. The predicted octanol–water partition coefficient (Wildman–Crippen LogP) is 11.0. The quantitative estimate of drug-likeness (QED) is 0.0817. The van der Waals surface area contributed by atoms with Crippen LogP contribution in [0.25, 0.3) is 11.1 Å². The minimum absolute atomic E-state index is 0.0129. The number of ether oxygens (including phenoxy) is 8. The Hall–Kier alpha value is -4.69. The van der Waals surface area contributed by atoms with E-state index in [-0.39, 0.29) is 23.1 Å². The van der Waals surface area contributed by atoms with Crippen molar-refractivity contribution >= 4 is 111 Å². The number of hydrogen-bond donors (Lipinski definition) is 1. The maximum Gasteiger partial charge on any atom is 0.413 e. The summed E-state index contributed by atoms with van der Waals surface area (Å²) in [4.78, 5) is 104. The highest BCUT2D eigenvalue weighted by molar-refractivity contribution is 6.68. The van der Waals surface area contributed by atoms with Gasteiger partial charge in [0.05, 0.1) is 36.3 Å². The van der Waals surface area contributed by atoms with E-state index in [4.69, 9.17) is 108 Å². The molecule has 0 aromatic heterocycles. The zero-order valence-corrected chi connectivity index (χ0v) is 50.6. The molecule has 4 fully saturated rings. The van der Waals surface area contributed by atoms with Gasteiger partial charge in [-0.1, -0.05) is 156 Å². The van der Waals surface area contributed by atoms with Crippen LogP contribution in [0.3, 0.4) is 0 Å². The second kappa shape index (κ2) is 22.4. The summed E-state index contributed by atoms with van der Waals surface area (Å²) in [5, 5.41) is 14.3. The van der Waals surface area contributed by atoms with Gasteiger partial charge in [-0.3, -0.25) is 24.1 Å². The number of hydrogen-bond acceptors (Lipinski definition) is 16. The fourth-order valence-corrected chi connectivity index (χ4v) is 13.1. The average Bonchev–Trinajstić information content (AvgIpc) is 3.66. The molecule has 438 valence electrons. The first kappa shape index (κ1) is 62.4. The van der Waals surface area contributed by atoms with Gasteiger partial charge < -0.3 is 43.0 Å². The highest BCUT2D eigenvalue weighted by Gasteiger charge is 2.79. The van der Waals surface area contributed by atoms with E-state index in [0.717, 1.165) is 18.1 Å². The van der Waals surface area contributed by atoms with E-state index in [9.17, 15) is 29.1 Å². The van der Waals surface area contributed by atoms with Crippen molar-refractivity contribution in [3.63, 3.8) is 0 Å². The van der Waals surface area contributed by atoms with Crippen molar-refractivity contribution in [1.82, 2.24) is 4.90 Å². The van der Waals surface area contributed by atoms with E-state index < -0.39 is 157 Å². The molecule has 2 bridgehead atoms. The van der Waals surface area contributed by atoms with E-state index in [1.54, 1.807) is 65.0 Å². The molecule has 0 spiro atoms. The Labute approximate surface area is 499 Å². The number of nitrogens with zero attached hydrogens (tertiary/aromatic N) is 1. The van der Waals surface area contributed by atoms with Gasteiger partial charge in [-0.05, 0) is 88.4 Å². The van der Waals surface area contributed by atoms with Gasteiger partial charge in [0.2, 0.25) is 7.59 Å². The monoisotopic (exact) mass is 1240 g/mol. The first-order valence-electron chi connectivity index (χ1n) is 26.1. The molecular weight excluding hydrogens is 1180 g/mol. The summed E-state index contributed by atoms with van der Waals surface area (Å²) < 4.78 is 45.7. The minimum Gasteiger partial charge on any atom is -0.461 e. The molecule has 0 radical (unpaired) electrons. The normalized spacial score (nSPS) is 30.5. The van der Waals surface area contributed by atoms with E-state index >= 15 is 9.59 Å². The van der Waals surface area contributed by atoms with Gasteiger partial charge >= 0.3 is 35.9 Å². The smallest absolute Gasteiger partial charge is 0.413 e. The first-order chi connectivity index (χ1) is 37.4. The molecule has 2 saturated heterocycles. The molecule has 1 amide bonds. The van der Waals surface area contributed by atoms with Crippen LogP contribution in [-0.2, 0) is 61.9 Å². The molecule has 5 aliphatic rings. The zero-order valence-electron chi connectivity index (χ0n) is 46.0. The molecule has 2 heterocycles. The van der Waals surface area contributed by atoms with Crippen LogP contribution >= 0.6 is 69.6 Å². The molecule has 3 aromatic rings. The maximum absolute atomic E-state index is 16.5. The predicted molar refractivity (Wildman–Crippen MR) is 298 cm³/mol. The average molecular weight is 1240 g/mol. The molecule has 81 heavy (non-hydrogen) atoms. The van der Waals surface area contributed by atoms with Crippen molar-refractivity contribution in [2.75, 3.05) is 6.61 Å². The van der Waals surface area contributed by atoms with Crippen LogP contribution in [0.1, 0.15) is 117 Å². The van der Waals surface area contributed by atoms with Crippen LogP contribution in [0.15, 0.2) is 96.1 Å². The second-order valence-corrected chi connectivity index (χ2v) is 28.4. The molecule has 3 aliphatic carbocycles. The summed E-state index contributed by atoms with van der Waals surface area (Å²) in [6.07, 6.45) is -13.8. The third kappa shape index (κ3) is 12.2. The van der Waals surface area contributed by atoms with Crippen molar-refractivity contribution in [3.05, 3.63) is 107 Å². The summed E-state index contributed by atoms with van der Waals surface area (Å²) in [6.45, 7) is 14.7. The van der Waals surface area contributed by atoms with Gasteiger partial charge in [0, 0.05) is 25.2 Å². The van der Waals surface area contributed by atoms with Crippen molar-refractivity contribution in [2.45, 2.75) is 168 Å². The lowest BCUT2D eigenvalue weighted by Crippen LogP contribution is -2.82. The zero-order chi connectivity index (χ0) is 59.8. The Morgan fingerprint density at radius 2 is 1.31 bits per heavy atom. The highest BCUT2D eigenvalue weighted by Crippen LogP contribution is 2.65. The summed E-state index contributed by atoms with van der Waals surface area (Å²) in [5.41, 5.74) is -9.25. The SMILES string of the molecule is CC(=O)O[C@@]12CO[C@@H]1C[C@H](OC(=O)CC(Cl)(Cl)Cl)[C@@]1(C)C(=O)[C@H](OC(=O)CC(Cl)(Cl)Cl)C3=C(C)[C@@H](OC(=O)[C@@H]4OC(C)(C)N(C(=O)OC(C)(C)C)[C@H]4c4ccc(-c5ccccc5)cc4)C[C@@](O)([C@@H](OC(=O)c4ccccc4)[C@H]21)C3(C)C. The summed E-state index contributed by atoms with van der Waals surface area (Å²) in [7, 11) is 0. The number of halogens is 6. The van der Waals surface area contributed by atoms with E-state index in [0.29, 0.717) is 5.56 Å². The standard InChI is InChI=1S/C58H63Cl6NO16/c1-30-36(75-49(71)44-42(65(53(8,9)80-44)50(72)81-51(3,4)5)34-23-21-33(22-24-34)32-17-13-11-14-18-32)26-56(73)47(78-48(70)35-19-15-12-16-20-35)45-54(10,46(69)43(41(30)52(56,6)7)77-40(68)28-58(62,63)64)37(76-39(67)27-57(59,60)61)25-38-55(45,29-74-38)79-31(2)66/h11-24,36-38,42-45,47,73H,25-29H2,1-10H3/t36-,37-,38+,42-,43+,44+,45-,47-,54+,55-,56+/m0/s1. The van der Waals surface area contributed by atoms with Gasteiger partial charge in [0.25, 0.3) is 0 Å². The van der Waals surface area contributed by atoms with E-state index in [1.807, 2.05) is 42.5 Å². The summed E-state index contributed by atoms with van der Waals surface area (Å²) in [5.74, 6) is -8.15. The molecule has 23 heteroatoms. The number of carbonyl (C=O) groups is 7. The molecule has 1 N–H and O–H groups in total. The summed E-state index contributed by atoms with van der Waals surface area (Å²) >= 11 is 36.7. The van der Waals surface area contributed by atoms with Crippen molar-refractivity contribution in [2.24, 2.45) is 16.7 Å². The highest BCUT2D eigenvalue weighted by atomic mass is 35.6. The Kier molecular flexibility index (Phi) is 17.2. The molecule has 3 aromatic carbocycles. The fraction of sp³-hybridized carbons (Fsp3) is 0.534. The molecule has 11 atom stereocenters. The Balaban J connectivity index is 1.34. The number of amides is 1. The second-order valence-electron chi connectivity index (χ2n) is 23.4. The number of fused-ring (bicyclic) bond motifs is 5. The first-order valence-corrected chi connectivity index (χ1v) is 28.3. The maximum atomic E-state index is 16.5. The number of esters is 5. The number of benzene rings is 3. The van der Waals surface area contributed by atoms with Gasteiger partial charge in [-0.25, -0.2) is 14.4 Å². The third-order valence-electron chi connectivity index (χ3n) is 16.1. The number of alkyl halides is 6. The number of Topliss-reactive ketones (excluding diaryl/α,β-unsaturated/α-hetero) is 1. The number of carbonyl (C=O) groups excluding carboxylic acids is 7. The fourth-order valence-electron chi connectivity index (χ4n) is 12.5. The Morgan fingerprint density at radius 1 is 0.753 bits per heavy atom. The topological polar surface area (TPSA) is 217 Å². The number of ketones is 1. The number of aliphatic hydroxyl groups is 1. The van der Waals surface area contributed by atoms with Gasteiger partial charge in [-0.15, -0.1) is 0 Å². The van der Waals surface area contributed by atoms with Gasteiger partial charge in [0.1, 0.15) is 47.4 Å². The summed E-state index contributed by atoms with van der Waals surface area (Å²) in [6, 6.07) is 23.1. The van der Waals surface area contributed by atoms with E-state index in [2.05, 4.69) is 0 Å². The van der Waals surface area contributed by atoms with Crippen LogP contribution in [0, 0.1) is 16.7 Å². The third-order valence-corrected chi connectivity index (χ3v) is 16.9. The van der Waals surface area contributed by atoms with E-state index in [1.165, 1.54) is 44.7 Å². The van der Waals surface area contributed by atoms with Crippen molar-refractivity contribution in [1.29, 1.82) is 0 Å². The van der Waals surface area contributed by atoms with Gasteiger partial charge in [0.15, 0.2) is 23.6 Å². The van der Waals surface area contributed by atoms with Crippen LogP contribution in [0.5, 0.6) is 0 Å². The van der Waals surface area contributed by atoms with Crippen LogP contribution in [0.4, 0.5) is 4.79 Å². The molecule has 0 unspecified atom stereocenters. The molecular formula is C58H63Cl6NO16. The largest absolute Gasteiger partial charge is 0.461 e. The molecule has 8 rings (SSSR count). The van der Waals surface area contributed by atoms with Crippen molar-refractivity contribution < 1.29 is 76.6 Å². The van der Waals surface area contributed by atoms with Crippen LogP contribution < -0.4 is 0 Å². The molecule has 2 aliphatic heterocycles. The molecule has 2 saturated carbocycles. The minimum atomic E-state index is -2.59. The van der Waals surface area contributed by atoms with Crippen LogP contribution in [0.2, 0.25) is 0 Å². The Morgan fingerprint density at radius 3 is 1.84 bits per heavy atom.